The predicted molar refractivity (Wildman–Crippen MR) is 86.1 cm³/mol. The van der Waals surface area contributed by atoms with Crippen molar-refractivity contribution in [1.29, 1.82) is 10.5 Å². The van der Waals surface area contributed by atoms with E-state index in [-0.39, 0.29) is 23.6 Å². The molecule has 0 aromatic heterocycles. The first kappa shape index (κ1) is 15.7. The quantitative estimate of drug-likeness (QED) is 0.522. The van der Waals surface area contributed by atoms with Crippen molar-refractivity contribution in [2.24, 2.45) is 5.10 Å². The van der Waals surface area contributed by atoms with Crippen molar-refractivity contribution in [3.63, 3.8) is 0 Å². The number of nitrogens with zero attached hydrogens (tertiary/aromatic N) is 4. The van der Waals surface area contributed by atoms with E-state index < -0.39 is 0 Å². The van der Waals surface area contributed by atoms with Gasteiger partial charge >= 0.3 is 0 Å². The Morgan fingerprint density at radius 1 is 1.08 bits per heavy atom. The minimum absolute atomic E-state index is 0.0237. The summed E-state index contributed by atoms with van der Waals surface area (Å²) in [4.78, 5) is 26.6. The maximum Gasteiger partial charge on any atom is 0.261 e. The molecule has 0 spiro atoms. The van der Waals surface area contributed by atoms with E-state index in [0.29, 0.717) is 16.8 Å². The summed E-state index contributed by atoms with van der Waals surface area (Å²) in [5.74, 6) is -0.526. The van der Waals surface area contributed by atoms with Gasteiger partial charge in [-0.25, -0.2) is 0 Å². The standard InChI is InChI=1S/C17H15N5O2/c18-9-12(10-19)21-20-11-6-7-14-15(8-11)17(24)22(16(14)23)13-4-2-1-3-5-13/h6-8,13,20H,1-5H2. The molecule has 3 rings (SSSR count). The van der Waals surface area contributed by atoms with Gasteiger partial charge in [0.1, 0.15) is 12.1 Å². The molecular weight excluding hydrogens is 306 g/mol. The summed E-state index contributed by atoms with van der Waals surface area (Å²) in [5.41, 5.74) is 3.42. The average Bonchev–Trinajstić information content (AvgIpc) is 2.87. The summed E-state index contributed by atoms with van der Waals surface area (Å²) in [6, 6.07) is 7.97. The lowest BCUT2D eigenvalue weighted by molar-refractivity contribution is 0.0549. The van der Waals surface area contributed by atoms with Crippen LogP contribution in [0.25, 0.3) is 0 Å². The lowest BCUT2D eigenvalue weighted by Crippen LogP contribution is -2.40. The van der Waals surface area contributed by atoms with Crippen LogP contribution in [0, 0.1) is 22.7 Å². The predicted octanol–water partition coefficient (Wildman–Crippen LogP) is 2.43. The van der Waals surface area contributed by atoms with Crippen LogP contribution in [-0.2, 0) is 0 Å². The van der Waals surface area contributed by atoms with Crippen molar-refractivity contribution in [3.8, 4) is 12.1 Å². The van der Waals surface area contributed by atoms with Crippen molar-refractivity contribution in [2.45, 2.75) is 38.1 Å². The number of imide groups is 1. The summed E-state index contributed by atoms with van der Waals surface area (Å²) < 4.78 is 0. The molecule has 7 heteroatoms. The lowest BCUT2D eigenvalue weighted by atomic mass is 9.94. The van der Waals surface area contributed by atoms with E-state index in [9.17, 15) is 9.59 Å². The molecule has 1 fully saturated rings. The molecule has 1 aliphatic heterocycles. The smallest absolute Gasteiger partial charge is 0.261 e. The number of hydrogen-bond acceptors (Lipinski definition) is 6. The number of benzene rings is 1. The van der Waals surface area contributed by atoms with Gasteiger partial charge < -0.3 is 0 Å². The van der Waals surface area contributed by atoms with Crippen molar-refractivity contribution in [3.05, 3.63) is 29.3 Å². The first-order chi connectivity index (χ1) is 11.7. The van der Waals surface area contributed by atoms with Crippen LogP contribution in [0.3, 0.4) is 0 Å². The Bertz CT molecular complexity index is 793. The molecule has 0 bridgehead atoms. The van der Waals surface area contributed by atoms with E-state index in [4.69, 9.17) is 10.5 Å². The highest BCUT2D eigenvalue weighted by molar-refractivity contribution is 6.22. The van der Waals surface area contributed by atoms with Crippen LogP contribution in [0.15, 0.2) is 23.3 Å². The summed E-state index contributed by atoms with van der Waals surface area (Å²) in [6.45, 7) is 0. The fourth-order valence-corrected chi connectivity index (χ4v) is 3.20. The molecule has 2 amide bonds. The number of hydrogen-bond donors (Lipinski definition) is 1. The Kier molecular flexibility index (Phi) is 4.26. The van der Waals surface area contributed by atoms with E-state index in [1.54, 1.807) is 24.3 Å². The summed E-state index contributed by atoms with van der Waals surface area (Å²) in [6.07, 6.45) is 4.92. The van der Waals surface area contributed by atoms with Gasteiger partial charge in [-0.2, -0.15) is 15.6 Å². The maximum atomic E-state index is 12.6. The molecular formula is C17H15N5O2. The molecule has 0 unspecified atom stereocenters. The van der Waals surface area contributed by atoms with Crippen LogP contribution in [0.2, 0.25) is 0 Å². The molecule has 1 N–H and O–H groups in total. The summed E-state index contributed by atoms with van der Waals surface area (Å²) in [7, 11) is 0. The first-order valence-corrected chi connectivity index (χ1v) is 7.81. The largest absolute Gasteiger partial charge is 0.276 e. The number of amides is 2. The monoisotopic (exact) mass is 321 g/mol. The van der Waals surface area contributed by atoms with Crippen LogP contribution in [0.5, 0.6) is 0 Å². The van der Waals surface area contributed by atoms with E-state index in [2.05, 4.69) is 10.5 Å². The lowest BCUT2D eigenvalue weighted by Gasteiger charge is -2.29. The number of fused-ring (bicyclic) bond motifs is 1. The van der Waals surface area contributed by atoms with Crippen LogP contribution in [-0.4, -0.2) is 28.5 Å². The third-order valence-corrected chi connectivity index (χ3v) is 4.37. The van der Waals surface area contributed by atoms with Gasteiger partial charge in [0, 0.05) is 6.04 Å². The Hall–Kier alpha value is -3.19. The van der Waals surface area contributed by atoms with Gasteiger partial charge in [0.2, 0.25) is 5.71 Å². The fraction of sp³-hybridized carbons (Fsp3) is 0.353. The second-order valence-corrected chi connectivity index (χ2v) is 5.83. The van der Waals surface area contributed by atoms with E-state index in [0.717, 1.165) is 32.1 Å². The minimum atomic E-state index is -0.318. The van der Waals surface area contributed by atoms with Crippen LogP contribution < -0.4 is 5.43 Å². The fourth-order valence-electron chi connectivity index (χ4n) is 3.20. The highest BCUT2D eigenvalue weighted by atomic mass is 16.2. The number of carbonyl (C=O) groups excluding carboxylic acids is 2. The number of rotatable bonds is 3. The van der Waals surface area contributed by atoms with Crippen molar-refractivity contribution < 1.29 is 9.59 Å². The number of carbonyl (C=O) groups is 2. The van der Waals surface area contributed by atoms with E-state index in [1.165, 1.54) is 11.0 Å². The molecule has 0 radical (unpaired) electrons. The molecule has 1 aromatic carbocycles. The molecule has 1 aliphatic carbocycles. The molecule has 120 valence electrons. The van der Waals surface area contributed by atoms with Crippen LogP contribution in [0.4, 0.5) is 5.69 Å². The first-order valence-electron chi connectivity index (χ1n) is 7.81. The van der Waals surface area contributed by atoms with Crippen molar-refractivity contribution >= 4 is 23.2 Å². The Morgan fingerprint density at radius 2 is 1.75 bits per heavy atom. The van der Waals surface area contributed by atoms with Gasteiger partial charge in [0.05, 0.1) is 16.8 Å². The van der Waals surface area contributed by atoms with Crippen LogP contribution in [0.1, 0.15) is 52.8 Å². The zero-order valence-corrected chi connectivity index (χ0v) is 13.0. The molecule has 7 nitrogen and oxygen atoms in total. The molecule has 2 aliphatic rings. The number of anilines is 1. The second kappa shape index (κ2) is 6.51. The van der Waals surface area contributed by atoms with Gasteiger partial charge in [0.15, 0.2) is 0 Å². The Balaban J connectivity index is 1.85. The molecule has 1 aromatic rings. The zero-order chi connectivity index (χ0) is 17.1. The van der Waals surface area contributed by atoms with Crippen molar-refractivity contribution in [1.82, 2.24) is 4.90 Å². The van der Waals surface area contributed by atoms with Gasteiger partial charge in [0.25, 0.3) is 11.8 Å². The van der Waals surface area contributed by atoms with Gasteiger partial charge in [-0.05, 0) is 31.0 Å². The normalized spacial score (nSPS) is 17.0. The minimum Gasteiger partial charge on any atom is -0.276 e. The number of nitriles is 2. The van der Waals surface area contributed by atoms with E-state index >= 15 is 0 Å². The van der Waals surface area contributed by atoms with Gasteiger partial charge in [-0.15, -0.1) is 0 Å². The third kappa shape index (κ3) is 2.72. The SMILES string of the molecule is N#CC(C#N)=NNc1ccc2c(c1)C(=O)N(C1CCCCC1)C2=O. The van der Waals surface area contributed by atoms with Crippen molar-refractivity contribution in [2.75, 3.05) is 5.43 Å². The molecule has 24 heavy (non-hydrogen) atoms. The topological polar surface area (TPSA) is 109 Å². The maximum absolute atomic E-state index is 12.6. The van der Waals surface area contributed by atoms with Crippen LogP contribution >= 0.6 is 0 Å². The highest BCUT2D eigenvalue weighted by Crippen LogP contribution is 2.32. The number of hydrazone groups is 1. The van der Waals surface area contributed by atoms with Gasteiger partial charge in [-0.3, -0.25) is 19.9 Å². The Labute approximate surface area is 139 Å². The molecule has 1 saturated carbocycles. The summed E-state index contributed by atoms with van der Waals surface area (Å²) >= 11 is 0. The third-order valence-electron chi connectivity index (χ3n) is 4.37. The number of nitrogens with one attached hydrogen (secondary N) is 1. The molecule has 0 atom stereocenters. The second-order valence-electron chi connectivity index (χ2n) is 5.83. The van der Waals surface area contributed by atoms with Gasteiger partial charge in [-0.1, -0.05) is 19.3 Å². The zero-order valence-electron chi connectivity index (χ0n) is 13.0. The summed E-state index contributed by atoms with van der Waals surface area (Å²) in [5, 5.41) is 21.0. The molecule has 1 heterocycles. The average molecular weight is 321 g/mol. The highest BCUT2D eigenvalue weighted by Gasteiger charge is 2.40. The Morgan fingerprint density at radius 3 is 2.42 bits per heavy atom. The van der Waals surface area contributed by atoms with E-state index in [1.807, 2.05) is 0 Å². The molecule has 0 saturated heterocycles.